The molecule has 1 aliphatic rings. The summed E-state index contributed by atoms with van der Waals surface area (Å²) in [7, 11) is 1.95. The van der Waals surface area contributed by atoms with Gasteiger partial charge in [0, 0.05) is 30.0 Å². The number of nitrogens with zero attached hydrogens (tertiary/aromatic N) is 3. The lowest BCUT2D eigenvalue weighted by Gasteiger charge is -2.23. The van der Waals surface area contributed by atoms with Crippen molar-refractivity contribution in [2.45, 2.75) is 33.1 Å². The van der Waals surface area contributed by atoms with E-state index in [9.17, 15) is 0 Å². The summed E-state index contributed by atoms with van der Waals surface area (Å²) >= 11 is 0. The number of hydrogen-bond acceptors (Lipinski definition) is 3. The van der Waals surface area contributed by atoms with Crippen molar-refractivity contribution in [3.63, 3.8) is 0 Å². The molecule has 0 spiro atoms. The van der Waals surface area contributed by atoms with Gasteiger partial charge in [0.2, 0.25) is 5.88 Å². The minimum Gasteiger partial charge on any atom is -0.438 e. The molecule has 1 aliphatic heterocycles. The first-order chi connectivity index (χ1) is 12.7. The lowest BCUT2D eigenvalue weighted by Crippen LogP contribution is -2.10. The second-order valence-corrected chi connectivity index (χ2v) is 7.07. The molecule has 0 saturated carbocycles. The van der Waals surface area contributed by atoms with Gasteiger partial charge in [0.15, 0.2) is 5.65 Å². The third-order valence-corrected chi connectivity index (χ3v) is 5.38. The summed E-state index contributed by atoms with van der Waals surface area (Å²) in [4.78, 5) is 4.84. The number of aromatic nitrogens is 3. The van der Waals surface area contributed by atoms with E-state index < -0.39 is 0 Å². The monoisotopic (exact) mass is 343 g/mol. The minimum absolute atomic E-state index is 0.742. The maximum Gasteiger partial charge on any atom is 0.225 e. The summed E-state index contributed by atoms with van der Waals surface area (Å²) in [6.07, 6.45) is 2.96. The molecule has 2 aromatic carbocycles. The van der Waals surface area contributed by atoms with Crippen molar-refractivity contribution in [1.29, 1.82) is 0 Å². The summed E-state index contributed by atoms with van der Waals surface area (Å²) < 4.78 is 8.16. The molecule has 0 bridgehead atoms. The summed E-state index contributed by atoms with van der Waals surface area (Å²) in [6, 6.07) is 12.7. The van der Waals surface area contributed by atoms with Gasteiger partial charge in [0.1, 0.15) is 5.75 Å². The molecule has 5 rings (SSSR count). The van der Waals surface area contributed by atoms with Crippen molar-refractivity contribution < 1.29 is 4.74 Å². The molecule has 0 aliphatic carbocycles. The zero-order valence-electron chi connectivity index (χ0n) is 15.3. The Morgan fingerprint density at radius 2 is 1.96 bits per heavy atom. The molecule has 0 unspecified atom stereocenters. The van der Waals surface area contributed by atoms with Gasteiger partial charge in [-0.15, -0.1) is 0 Å². The molecule has 2 aromatic heterocycles. The highest BCUT2D eigenvalue weighted by atomic mass is 16.5. The van der Waals surface area contributed by atoms with Crippen LogP contribution in [-0.4, -0.2) is 14.8 Å². The van der Waals surface area contributed by atoms with E-state index in [2.05, 4.69) is 55.3 Å². The van der Waals surface area contributed by atoms with Gasteiger partial charge in [-0.05, 0) is 35.7 Å². The Morgan fingerprint density at radius 3 is 2.81 bits per heavy atom. The van der Waals surface area contributed by atoms with E-state index in [0.717, 1.165) is 42.2 Å². The van der Waals surface area contributed by atoms with E-state index in [0.29, 0.717) is 0 Å². The van der Waals surface area contributed by atoms with Gasteiger partial charge < -0.3 is 4.74 Å². The van der Waals surface area contributed by atoms with Crippen LogP contribution in [0.25, 0.3) is 21.8 Å². The topological polar surface area (TPSA) is 39.9 Å². The summed E-state index contributed by atoms with van der Waals surface area (Å²) in [6.45, 7) is 4.29. The largest absolute Gasteiger partial charge is 0.438 e. The Bertz CT molecular complexity index is 1170. The first kappa shape index (κ1) is 15.4. The van der Waals surface area contributed by atoms with Crippen LogP contribution in [0, 0.1) is 6.92 Å². The molecule has 130 valence electrons. The first-order valence-corrected chi connectivity index (χ1v) is 9.21. The molecule has 26 heavy (non-hydrogen) atoms. The van der Waals surface area contributed by atoms with E-state index in [4.69, 9.17) is 9.72 Å². The van der Waals surface area contributed by atoms with Crippen LogP contribution >= 0.6 is 0 Å². The Kier molecular flexibility index (Phi) is 3.29. The lowest BCUT2D eigenvalue weighted by atomic mass is 9.91. The fourth-order valence-electron chi connectivity index (χ4n) is 4.24. The fraction of sp³-hybridized carbons (Fsp3) is 0.273. The van der Waals surface area contributed by atoms with Crippen LogP contribution in [0.4, 0.5) is 0 Å². The Morgan fingerprint density at radius 1 is 1.12 bits per heavy atom. The van der Waals surface area contributed by atoms with E-state index >= 15 is 0 Å². The number of ether oxygens (including phenoxy) is 1. The van der Waals surface area contributed by atoms with Crippen LogP contribution in [0.3, 0.4) is 0 Å². The molecule has 0 radical (unpaired) electrons. The fourth-order valence-corrected chi connectivity index (χ4v) is 4.24. The standard InChI is InChI=1S/C22H21N3O/c1-4-7-16-18-12-17-15-9-6-5-8-14(15)10-11-19(17)26-22(18)23-21-20(16)13(2)24-25(21)3/h5-6,8-11H,4,7,12H2,1-3H3. The summed E-state index contributed by atoms with van der Waals surface area (Å²) in [5, 5.41) is 8.31. The molecule has 4 heteroatoms. The molecule has 0 saturated heterocycles. The molecule has 4 nitrogen and oxygen atoms in total. The van der Waals surface area contributed by atoms with Gasteiger partial charge in [-0.25, -0.2) is 0 Å². The van der Waals surface area contributed by atoms with Crippen LogP contribution in [0.2, 0.25) is 0 Å². The van der Waals surface area contributed by atoms with Crippen LogP contribution < -0.4 is 4.74 Å². The van der Waals surface area contributed by atoms with Crippen molar-refractivity contribution in [1.82, 2.24) is 14.8 Å². The predicted octanol–water partition coefficient (Wildman–Crippen LogP) is 5.08. The number of hydrogen-bond donors (Lipinski definition) is 0. The van der Waals surface area contributed by atoms with E-state index in [1.807, 2.05) is 11.7 Å². The smallest absolute Gasteiger partial charge is 0.225 e. The maximum absolute atomic E-state index is 6.29. The zero-order valence-corrected chi connectivity index (χ0v) is 15.3. The SMILES string of the molecule is CCCc1c2c(nc3c1c(C)nn3C)Oc1ccc3ccccc3c1C2. The quantitative estimate of drug-likeness (QED) is 0.449. The average Bonchev–Trinajstić information content (AvgIpc) is 2.94. The Balaban J connectivity index is 1.80. The lowest BCUT2D eigenvalue weighted by molar-refractivity contribution is 0.442. The van der Waals surface area contributed by atoms with Gasteiger partial charge in [-0.2, -0.15) is 10.1 Å². The number of aryl methyl sites for hydroxylation is 3. The second kappa shape index (κ2) is 5.56. The van der Waals surface area contributed by atoms with Gasteiger partial charge in [0.05, 0.1) is 5.69 Å². The normalized spacial score (nSPS) is 12.9. The van der Waals surface area contributed by atoms with E-state index in [1.165, 1.54) is 32.8 Å². The third kappa shape index (κ3) is 2.08. The van der Waals surface area contributed by atoms with Gasteiger partial charge in [0.25, 0.3) is 0 Å². The molecular weight excluding hydrogens is 322 g/mol. The summed E-state index contributed by atoms with van der Waals surface area (Å²) in [5.41, 5.74) is 5.78. The van der Waals surface area contributed by atoms with Gasteiger partial charge in [-0.1, -0.05) is 43.7 Å². The Hall–Kier alpha value is -2.88. The highest BCUT2D eigenvalue weighted by molar-refractivity contribution is 5.90. The average molecular weight is 343 g/mol. The Labute approximate surface area is 152 Å². The molecule has 0 fully saturated rings. The molecule has 0 atom stereocenters. The van der Waals surface area contributed by atoms with Crippen LogP contribution in [0.5, 0.6) is 11.6 Å². The van der Waals surface area contributed by atoms with Crippen molar-refractivity contribution in [3.05, 3.63) is 58.8 Å². The third-order valence-electron chi connectivity index (χ3n) is 5.38. The van der Waals surface area contributed by atoms with Crippen LogP contribution in [0.1, 0.15) is 35.7 Å². The number of fused-ring (bicyclic) bond motifs is 5. The van der Waals surface area contributed by atoms with Crippen LogP contribution in [-0.2, 0) is 19.9 Å². The first-order valence-electron chi connectivity index (χ1n) is 9.21. The number of benzene rings is 2. The van der Waals surface area contributed by atoms with Crippen molar-refractivity contribution in [2.24, 2.45) is 7.05 Å². The molecular formula is C22H21N3O. The summed E-state index contributed by atoms with van der Waals surface area (Å²) in [5.74, 6) is 1.66. The van der Waals surface area contributed by atoms with Crippen molar-refractivity contribution in [3.8, 4) is 11.6 Å². The maximum atomic E-state index is 6.29. The molecule has 0 amide bonds. The minimum atomic E-state index is 0.742. The zero-order chi connectivity index (χ0) is 17.8. The van der Waals surface area contributed by atoms with Gasteiger partial charge in [-0.3, -0.25) is 4.68 Å². The van der Waals surface area contributed by atoms with Crippen LogP contribution in [0.15, 0.2) is 36.4 Å². The number of rotatable bonds is 2. The highest BCUT2D eigenvalue weighted by Crippen LogP contribution is 2.42. The second-order valence-electron chi connectivity index (χ2n) is 7.07. The van der Waals surface area contributed by atoms with Crippen molar-refractivity contribution in [2.75, 3.05) is 0 Å². The molecule has 4 aromatic rings. The molecule has 0 N–H and O–H groups in total. The van der Waals surface area contributed by atoms with E-state index in [1.54, 1.807) is 0 Å². The van der Waals surface area contributed by atoms with Crippen molar-refractivity contribution >= 4 is 21.8 Å². The van der Waals surface area contributed by atoms with Gasteiger partial charge >= 0.3 is 0 Å². The number of pyridine rings is 1. The van der Waals surface area contributed by atoms with E-state index in [-0.39, 0.29) is 0 Å². The predicted molar refractivity (Wildman–Crippen MR) is 104 cm³/mol. The highest BCUT2D eigenvalue weighted by Gasteiger charge is 2.26. The molecule has 3 heterocycles.